The minimum atomic E-state index is -4.19. The summed E-state index contributed by atoms with van der Waals surface area (Å²) in [5.74, 6) is 8.50. The first-order valence-electron chi connectivity index (χ1n) is 43.1. The normalized spacial score (nSPS) is 14.9. The third-order valence-corrected chi connectivity index (χ3v) is 25.2. The summed E-state index contributed by atoms with van der Waals surface area (Å²) in [6.07, 6.45) is 6.18. The molecule has 0 saturated carbocycles. The number of hydrogen-bond acceptors (Lipinski definition) is 23. The first-order valence-corrected chi connectivity index (χ1v) is 47.9. The Morgan fingerprint density at radius 3 is 1.95 bits per heavy atom. The van der Waals surface area contributed by atoms with Gasteiger partial charge in [-0.2, -0.15) is 0 Å². The molecular weight excluding hydrogens is 1760 g/mol. The molecule has 2 aliphatic heterocycles. The highest BCUT2D eigenvalue weighted by Gasteiger charge is 2.36. The number of methoxy groups -OCH3 is 2. The number of aromatic nitrogens is 6. The van der Waals surface area contributed by atoms with E-state index in [1.54, 1.807) is 56.7 Å². The average Bonchev–Trinajstić information content (AvgIpc) is 0.925. The Labute approximate surface area is 777 Å². The number of nitrogens with two attached hydrogens (primary N) is 1. The van der Waals surface area contributed by atoms with Crippen molar-refractivity contribution >= 4 is 72.3 Å². The number of halogens is 1. The maximum absolute atomic E-state index is 13.2. The van der Waals surface area contributed by atoms with Crippen molar-refractivity contribution in [3.05, 3.63) is 320 Å². The van der Waals surface area contributed by atoms with Crippen molar-refractivity contribution in [2.45, 2.75) is 130 Å². The number of anilines is 1. The van der Waals surface area contributed by atoms with Gasteiger partial charge in [-0.15, -0.1) is 10.2 Å². The van der Waals surface area contributed by atoms with E-state index in [1.807, 2.05) is 231 Å². The molecule has 132 heavy (non-hydrogen) atoms. The van der Waals surface area contributed by atoms with Crippen molar-refractivity contribution in [1.29, 1.82) is 0 Å². The smallest absolute Gasteiger partial charge is 0.368 e. The lowest BCUT2D eigenvalue weighted by Gasteiger charge is -2.30. The van der Waals surface area contributed by atoms with Gasteiger partial charge in [-0.3, -0.25) is 33.4 Å². The van der Waals surface area contributed by atoms with Crippen molar-refractivity contribution in [3.8, 4) is 63.4 Å². The minimum absolute atomic E-state index is 0.0993. The van der Waals surface area contributed by atoms with Crippen LogP contribution in [0.5, 0.6) is 63.4 Å². The summed E-state index contributed by atoms with van der Waals surface area (Å²) < 4.78 is 77.0. The average molecular weight is 1870 g/mol. The number of nitrogens with one attached hydrogen (secondary N) is 3. The van der Waals surface area contributed by atoms with E-state index in [0.29, 0.717) is 103 Å². The zero-order chi connectivity index (χ0) is 94.2. The second-order valence-corrected chi connectivity index (χ2v) is 37.6. The third kappa shape index (κ3) is 28.3. The van der Waals surface area contributed by atoms with Crippen LogP contribution in [0.1, 0.15) is 142 Å². The van der Waals surface area contributed by atoms with Crippen LogP contribution in [0.15, 0.2) is 231 Å². The molecule has 0 aliphatic carbocycles. The van der Waals surface area contributed by atoms with Crippen molar-refractivity contribution in [2.24, 2.45) is 5.73 Å². The number of amides is 3. The quantitative estimate of drug-likeness (QED) is 0.0174. The molecule has 32 heteroatoms. The molecule has 3 amide bonds. The van der Waals surface area contributed by atoms with Crippen LogP contribution in [0.3, 0.4) is 0 Å². The number of hydrogen-bond donors (Lipinski definition) is 8. The number of benzene rings is 10. The van der Waals surface area contributed by atoms with Crippen LogP contribution in [-0.2, 0) is 66.4 Å². The Bertz CT molecular complexity index is 6140. The second kappa shape index (κ2) is 46.5. The van der Waals surface area contributed by atoms with E-state index < -0.39 is 27.6 Å². The van der Waals surface area contributed by atoms with Gasteiger partial charge in [0.25, 0.3) is 5.24 Å². The highest BCUT2D eigenvalue weighted by atomic mass is 35.5. The fourth-order valence-corrected chi connectivity index (χ4v) is 17.8. The number of imide groups is 1. The fraction of sp³-hybridized carbons (Fsp3) is 0.290. The Morgan fingerprint density at radius 1 is 0.674 bits per heavy atom. The van der Waals surface area contributed by atoms with Gasteiger partial charge in [0.1, 0.15) is 82.1 Å². The van der Waals surface area contributed by atoms with E-state index >= 15 is 0 Å². The monoisotopic (exact) mass is 1870 g/mol. The number of rotatable bonds is 34. The van der Waals surface area contributed by atoms with Gasteiger partial charge in [-0.25, -0.2) is 9.97 Å². The fourth-order valence-electron chi connectivity index (χ4n) is 14.9. The molecule has 5 heterocycles. The van der Waals surface area contributed by atoms with Crippen LogP contribution in [0.2, 0.25) is 5.02 Å². The van der Waals surface area contributed by atoms with E-state index in [2.05, 4.69) is 58.5 Å². The van der Waals surface area contributed by atoms with Crippen molar-refractivity contribution < 1.29 is 85.7 Å². The van der Waals surface area contributed by atoms with Gasteiger partial charge in [0.15, 0.2) is 18.5 Å². The Balaban J connectivity index is 0.000000161. The van der Waals surface area contributed by atoms with Crippen LogP contribution in [0, 0.1) is 27.7 Å². The Morgan fingerprint density at radius 2 is 1.30 bits per heavy atom. The third-order valence-electron chi connectivity index (χ3n) is 21.9. The number of carbonyl (C=O) groups is 3. The number of aromatic amines is 1. The van der Waals surface area contributed by atoms with Gasteiger partial charge in [0.05, 0.1) is 57.9 Å². The molecule has 3 aromatic heterocycles. The molecule has 4 atom stereocenters. The Kier molecular flexibility index (Phi) is 34.7. The summed E-state index contributed by atoms with van der Waals surface area (Å²) in [6, 6.07) is 68.1. The molecular formula is C100H111ClN10O18P2S. The summed E-state index contributed by atoms with van der Waals surface area (Å²) in [5, 5.41) is 35.7. The number of fused-ring (bicyclic) bond motifs is 1. The van der Waals surface area contributed by atoms with Gasteiger partial charge in [-0.1, -0.05) is 148 Å². The van der Waals surface area contributed by atoms with E-state index in [4.69, 9.17) is 69.3 Å². The van der Waals surface area contributed by atoms with E-state index in [0.717, 1.165) is 132 Å². The SMILES string of the molecule is COc1ccc(Cn2c(CCc3ccccc3)nnc2[C@@H](Cc2c[nH]c3ccccc23)NC(=O)CN)cc1.COc1ccc(Oc2cc(N(C)CCOc3ccc(CC4SC(=O)NC4=O)cc3)ncn2)cc1.Cc1cc(OCP(=O)(O)O)cc(C)c1Cc1ccc(O)c(C(C)C)c1.Cc1cc(OC[P@@]2(=O)OCCC(c3cccc(Cl)c3)O2)cc(C)c1Oc1ccc(O)c(C(C)C)c1. The highest BCUT2D eigenvalue weighted by molar-refractivity contribution is 8.15. The zero-order valence-corrected chi connectivity index (χ0v) is 78.8. The van der Waals surface area contributed by atoms with Gasteiger partial charge in [0, 0.05) is 60.1 Å². The summed E-state index contributed by atoms with van der Waals surface area (Å²) in [6.45, 7) is 17.7. The number of aromatic hydroxyl groups is 2. The standard InChI is InChI=1S/C30H32N6O2.C27H30ClO6P.C24H24N4O5S.C19H25O5P/c1-38-24-14-11-22(12-15-24)20-36-28(16-13-21-7-3-2-4-8-21)34-35-30(36)27(33-29(37)18-31)17-23-19-32-26-10-6-5-9-25(23)26;1-17(2)24-15-22(8-9-25(24)29)33-27-18(3)12-23(13-19(27)4)31-16-35(30)32-11-10-26(34-35)20-6-5-7-21(28)14-20;1-28(21-14-22(26-15-25-21)33-19-9-7-17(31-2)8-10-19)11-12-32-18-5-3-16(4-6-18)13-20-23(29)27-24(30)34-20;1-12(2)17-9-15(5-6-19(17)20)10-18-13(3)7-16(8-14(18)4)24-11-25(21,22)23/h2-12,14-15,19,27,32H,13,16-18,20,31H2,1H3,(H,33,37);5-9,12-15,17,26,29H,10-11,16H2,1-4H3;3-10,14-15,20H,11-13H2,1-2H3,(H,27,29,30);5-9,12,20H,10-11H2,1-4H3,(H2,21,22,23)/t27-;26?,35-;;/m11../s1. The maximum atomic E-state index is 13.2. The van der Waals surface area contributed by atoms with E-state index in [1.165, 1.54) is 11.9 Å². The van der Waals surface area contributed by atoms with Crippen LogP contribution in [0.25, 0.3) is 10.9 Å². The first-order chi connectivity index (χ1) is 63.3. The molecule has 15 rings (SSSR count). The molecule has 13 aromatic rings. The van der Waals surface area contributed by atoms with Gasteiger partial charge in [-0.05, 0) is 241 Å². The second-order valence-electron chi connectivity index (χ2n) is 32.5. The van der Waals surface area contributed by atoms with Crippen molar-refractivity contribution in [2.75, 3.05) is 65.2 Å². The van der Waals surface area contributed by atoms with E-state index in [9.17, 15) is 33.7 Å². The number of likely N-dealkylation sites (N-methyl/N-ethyl adjacent to an activating group) is 1. The summed E-state index contributed by atoms with van der Waals surface area (Å²) in [7, 11) is -2.46. The van der Waals surface area contributed by atoms with Crippen LogP contribution in [-0.4, -0.2) is 132 Å². The number of nitrogens with zero attached hydrogens (tertiary/aromatic N) is 6. The molecule has 2 unspecified atom stereocenters. The highest BCUT2D eigenvalue weighted by Crippen LogP contribution is 2.56. The van der Waals surface area contributed by atoms with Crippen molar-refractivity contribution in [1.82, 2.24) is 40.3 Å². The van der Waals surface area contributed by atoms with Crippen LogP contribution < -0.4 is 54.4 Å². The number of phenolic OH excluding ortho intramolecular Hbond substituents is 2. The topological polar surface area (TPSA) is 375 Å². The number of phenols is 2. The first kappa shape index (κ1) is 98.5. The summed E-state index contributed by atoms with van der Waals surface area (Å²) in [5.41, 5.74) is 19.7. The largest absolute Gasteiger partial charge is 0.508 e. The molecule has 692 valence electrons. The number of thioether (sulfide) groups is 1. The lowest BCUT2D eigenvalue weighted by Crippen LogP contribution is -2.36. The van der Waals surface area contributed by atoms with Crippen LogP contribution >= 0.6 is 38.6 Å². The van der Waals surface area contributed by atoms with Crippen molar-refractivity contribution in [3.63, 3.8) is 0 Å². The molecule has 2 aliphatic rings. The molecule has 0 radical (unpaired) electrons. The molecule has 0 spiro atoms. The van der Waals surface area contributed by atoms with Crippen LogP contribution in [0.4, 0.5) is 10.6 Å². The Hall–Kier alpha value is -12.5. The minimum Gasteiger partial charge on any atom is -0.508 e. The molecule has 0 bridgehead atoms. The molecule has 9 N–H and O–H groups in total. The number of ether oxygens (including phenoxy) is 7. The van der Waals surface area contributed by atoms with Gasteiger partial charge < -0.3 is 83.2 Å². The number of aryl methyl sites for hydroxylation is 6. The molecule has 28 nitrogen and oxygen atoms in total. The summed E-state index contributed by atoms with van der Waals surface area (Å²) in [4.78, 5) is 67.1. The van der Waals surface area contributed by atoms with Gasteiger partial charge in [0.2, 0.25) is 17.7 Å². The van der Waals surface area contributed by atoms with Gasteiger partial charge >= 0.3 is 15.2 Å². The number of carbonyl (C=O) groups excluding carboxylic acids is 3. The lowest BCUT2D eigenvalue weighted by atomic mass is 9.93. The zero-order valence-electron chi connectivity index (χ0n) is 75.5. The predicted molar refractivity (Wildman–Crippen MR) is 512 cm³/mol. The molecule has 2 fully saturated rings. The summed E-state index contributed by atoms with van der Waals surface area (Å²) >= 11 is 7.13. The predicted octanol–water partition coefficient (Wildman–Crippen LogP) is 20.2. The molecule has 2 saturated heterocycles. The lowest BCUT2D eigenvalue weighted by molar-refractivity contribution is -0.120. The number of H-pyrrole nitrogens is 1. The number of para-hydroxylation sites is 1. The molecule has 10 aromatic carbocycles. The maximum Gasteiger partial charge on any atom is 0.368 e. The van der Waals surface area contributed by atoms with E-state index in [-0.39, 0.29) is 58.9 Å².